The summed E-state index contributed by atoms with van der Waals surface area (Å²) in [5.74, 6) is -1.74. The molecule has 1 N–H and O–H groups in total. The van der Waals surface area contributed by atoms with E-state index < -0.39 is 17.6 Å². The van der Waals surface area contributed by atoms with Gasteiger partial charge in [-0.2, -0.15) is 10.1 Å². The van der Waals surface area contributed by atoms with E-state index in [1.807, 2.05) is 6.08 Å². The summed E-state index contributed by atoms with van der Waals surface area (Å²) >= 11 is 1.13. The van der Waals surface area contributed by atoms with E-state index in [1.165, 1.54) is 27.6 Å². The molecule has 0 saturated heterocycles. The Morgan fingerprint density at radius 3 is 2.49 bits per heavy atom. The Balaban J connectivity index is 1.53. The molecule has 0 bridgehead atoms. The standard InChI is InChI=1S/C27H25N5O4S/c1-2-31-24(33)19(15-16-13-17-7-5-11-30-12-6-8-18(14-16)23(17)30)37-26(31)21-22(27(35)36)29-32(25(21)34)20-9-3-4-10-28-20/h3-4,9-10,13-15H,2,5-8,11-12H2,1H3,(H,35,36)/b19-15+,26-21+. The van der Waals surface area contributed by atoms with Crippen LogP contribution in [0.25, 0.3) is 11.6 Å². The number of carbonyl (C=O) groups excluding carboxylic acids is 1. The van der Waals surface area contributed by atoms with Gasteiger partial charge in [0.2, 0.25) is 0 Å². The number of aromatic nitrogens is 2. The van der Waals surface area contributed by atoms with Crippen LogP contribution in [0.15, 0.2) is 46.4 Å². The van der Waals surface area contributed by atoms with Crippen molar-refractivity contribution in [3.63, 3.8) is 0 Å². The molecule has 3 aromatic rings. The van der Waals surface area contributed by atoms with E-state index >= 15 is 0 Å². The van der Waals surface area contributed by atoms with Gasteiger partial charge in [-0.1, -0.05) is 6.07 Å². The Kier molecular flexibility index (Phi) is 5.75. The highest BCUT2D eigenvalue weighted by Crippen LogP contribution is 2.36. The quantitative estimate of drug-likeness (QED) is 0.564. The molecule has 0 fully saturated rings. The van der Waals surface area contributed by atoms with E-state index in [1.54, 1.807) is 25.1 Å². The summed E-state index contributed by atoms with van der Waals surface area (Å²) in [6.07, 6.45) is 7.63. The first-order valence-corrected chi connectivity index (χ1v) is 13.2. The molecular weight excluding hydrogens is 490 g/mol. The predicted molar refractivity (Wildman–Crippen MR) is 143 cm³/mol. The molecule has 0 atom stereocenters. The summed E-state index contributed by atoms with van der Waals surface area (Å²) in [6.45, 7) is 4.27. The third kappa shape index (κ3) is 3.88. The maximum absolute atomic E-state index is 13.4. The lowest BCUT2D eigenvalue weighted by atomic mass is 9.90. The number of carbonyl (C=O) groups is 2. The molecule has 2 aromatic heterocycles. The topological polar surface area (TPSA) is 108 Å². The first-order chi connectivity index (χ1) is 18.0. The number of nitrogens with zero attached hydrogens (tertiary/aromatic N) is 5. The minimum absolute atomic E-state index is 0.0991. The Hall–Kier alpha value is -4.05. The molecule has 3 aliphatic rings. The lowest BCUT2D eigenvalue weighted by molar-refractivity contribution is -0.129. The Morgan fingerprint density at radius 1 is 1.14 bits per heavy atom. The van der Waals surface area contributed by atoms with Gasteiger partial charge in [-0.15, -0.1) is 11.3 Å². The molecule has 10 heteroatoms. The van der Waals surface area contributed by atoms with Crippen molar-refractivity contribution in [3.05, 3.63) is 72.8 Å². The van der Waals surface area contributed by atoms with Gasteiger partial charge in [-0.05, 0) is 79.6 Å². The van der Waals surface area contributed by atoms with Gasteiger partial charge in [-0.25, -0.2) is 9.78 Å². The number of anilines is 2. The van der Waals surface area contributed by atoms with Crippen LogP contribution >= 0.6 is 11.3 Å². The number of amides is 1. The van der Waals surface area contributed by atoms with Crippen molar-refractivity contribution >= 4 is 52.1 Å². The van der Waals surface area contributed by atoms with Crippen LogP contribution in [0.1, 0.15) is 36.5 Å². The van der Waals surface area contributed by atoms with Gasteiger partial charge in [0.25, 0.3) is 11.5 Å². The molecule has 0 spiro atoms. The number of hydrogen-bond acceptors (Lipinski definition) is 7. The number of carboxylic acid groups (broad SMARTS) is 1. The van der Waals surface area contributed by atoms with Crippen molar-refractivity contribution in [2.24, 2.45) is 5.10 Å². The summed E-state index contributed by atoms with van der Waals surface area (Å²) in [4.78, 5) is 45.5. The zero-order chi connectivity index (χ0) is 25.7. The third-order valence-electron chi connectivity index (χ3n) is 7.00. The average Bonchev–Trinajstić information content (AvgIpc) is 3.40. The SMILES string of the molecule is CCn1c(=O)/c(=C\c2cc3c4c(c2)CCCN4CCC3)s/c1=C1/C(=O)N(c2ccccn2)N=C1C(=O)O. The second-order valence-electron chi connectivity index (χ2n) is 9.28. The molecule has 0 saturated carbocycles. The normalized spacial score (nSPS) is 18.8. The number of aryl methyl sites for hydroxylation is 2. The van der Waals surface area contributed by atoms with Crippen LogP contribution in [-0.2, 0) is 29.0 Å². The second kappa shape index (κ2) is 9.11. The van der Waals surface area contributed by atoms with Crippen molar-refractivity contribution in [1.29, 1.82) is 0 Å². The summed E-state index contributed by atoms with van der Waals surface area (Å²) in [6, 6.07) is 9.28. The highest BCUT2D eigenvalue weighted by atomic mass is 32.1. The number of pyridine rings is 1. The lowest BCUT2D eigenvalue weighted by Gasteiger charge is -2.37. The molecular formula is C27H25N5O4S. The van der Waals surface area contributed by atoms with Crippen molar-refractivity contribution < 1.29 is 14.7 Å². The molecule has 188 valence electrons. The van der Waals surface area contributed by atoms with Crippen molar-refractivity contribution in [3.8, 4) is 0 Å². The number of benzene rings is 1. The monoisotopic (exact) mass is 515 g/mol. The molecule has 9 nitrogen and oxygen atoms in total. The second-order valence-corrected chi connectivity index (χ2v) is 10.3. The van der Waals surface area contributed by atoms with E-state index in [0.29, 0.717) is 4.53 Å². The summed E-state index contributed by atoms with van der Waals surface area (Å²) in [5, 5.41) is 14.9. The first-order valence-electron chi connectivity index (χ1n) is 12.4. The van der Waals surface area contributed by atoms with E-state index in [4.69, 9.17) is 0 Å². The van der Waals surface area contributed by atoms with Gasteiger partial charge < -0.3 is 10.0 Å². The number of rotatable bonds is 4. The van der Waals surface area contributed by atoms with Crippen LogP contribution < -0.4 is 24.7 Å². The highest BCUT2D eigenvalue weighted by Gasteiger charge is 2.37. The fourth-order valence-electron chi connectivity index (χ4n) is 5.44. The summed E-state index contributed by atoms with van der Waals surface area (Å²) in [7, 11) is 0. The molecule has 37 heavy (non-hydrogen) atoms. The first kappa shape index (κ1) is 23.4. The van der Waals surface area contributed by atoms with Crippen LogP contribution in [0.2, 0.25) is 0 Å². The van der Waals surface area contributed by atoms with Crippen LogP contribution in [0.4, 0.5) is 11.5 Å². The number of carboxylic acids is 1. The molecule has 3 aliphatic heterocycles. The zero-order valence-electron chi connectivity index (χ0n) is 20.3. The van der Waals surface area contributed by atoms with Gasteiger partial charge in [0, 0.05) is 31.5 Å². The minimum Gasteiger partial charge on any atom is -0.476 e. The van der Waals surface area contributed by atoms with Crippen LogP contribution in [0.5, 0.6) is 0 Å². The van der Waals surface area contributed by atoms with Crippen molar-refractivity contribution in [1.82, 2.24) is 9.55 Å². The smallest absolute Gasteiger partial charge is 0.357 e. The summed E-state index contributed by atoms with van der Waals surface area (Å²) in [5.41, 5.74) is 4.19. The minimum atomic E-state index is -1.34. The van der Waals surface area contributed by atoms with Gasteiger partial charge in [0.15, 0.2) is 11.5 Å². The van der Waals surface area contributed by atoms with Crippen LogP contribution in [0, 0.1) is 0 Å². The highest BCUT2D eigenvalue weighted by molar-refractivity contribution is 7.08. The molecule has 0 aliphatic carbocycles. The summed E-state index contributed by atoms with van der Waals surface area (Å²) < 4.78 is 2.19. The number of hydrazone groups is 1. The van der Waals surface area contributed by atoms with E-state index in [-0.39, 0.29) is 28.2 Å². The molecule has 1 amide bonds. The molecule has 6 rings (SSSR count). The number of thiazole rings is 1. The maximum Gasteiger partial charge on any atom is 0.357 e. The molecule has 0 radical (unpaired) electrons. The van der Waals surface area contributed by atoms with Crippen molar-refractivity contribution in [2.45, 2.75) is 39.2 Å². The maximum atomic E-state index is 13.4. The van der Waals surface area contributed by atoms with Gasteiger partial charge in [-0.3, -0.25) is 14.2 Å². The fourth-order valence-corrected chi connectivity index (χ4v) is 6.65. The predicted octanol–water partition coefficient (Wildman–Crippen LogP) is 1.49. The van der Waals surface area contributed by atoms with Crippen LogP contribution in [-0.4, -0.2) is 45.3 Å². The van der Waals surface area contributed by atoms with Crippen LogP contribution in [0.3, 0.4) is 0 Å². The third-order valence-corrected chi connectivity index (χ3v) is 8.13. The Labute approximate surface area is 216 Å². The Morgan fingerprint density at radius 2 is 1.86 bits per heavy atom. The Bertz CT molecular complexity index is 1620. The molecule has 0 unspecified atom stereocenters. The number of aliphatic carboxylic acids is 1. The van der Waals surface area contributed by atoms with Gasteiger partial charge in [0.1, 0.15) is 10.2 Å². The van der Waals surface area contributed by atoms with Gasteiger partial charge >= 0.3 is 5.97 Å². The average molecular weight is 516 g/mol. The fraction of sp³-hybridized carbons (Fsp3) is 0.296. The molecule has 1 aromatic carbocycles. The molecule has 5 heterocycles. The van der Waals surface area contributed by atoms with E-state index in [0.717, 1.165) is 60.7 Å². The van der Waals surface area contributed by atoms with E-state index in [9.17, 15) is 19.5 Å². The largest absolute Gasteiger partial charge is 0.476 e. The van der Waals surface area contributed by atoms with Gasteiger partial charge in [0.05, 0.1) is 4.53 Å². The van der Waals surface area contributed by atoms with Crippen molar-refractivity contribution in [2.75, 3.05) is 23.0 Å². The zero-order valence-corrected chi connectivity index (χ0v) is 21.1. The van der Waals surface area contributed by atoms with E-state index in [2.05, 4.69) is 27.1 Å². The number of hydrogen-bond donors (Lipinski definition) is 1. The lowest BCUT2D eigenvalue weighted by Crippen LogP contribution is -2.35.